The predicted molar refractivity (Wildman–Crippen MR) is 51.7 cm³/mol. The maximum Gasteiger partial charge on any atom is 0.148 e. The molecule has 0 heterocycles. The topological polar surface area (TPSA) is 37.3 Å². The lowest BCUT2D eigenvalue weighted by molar-refractivity contribution is -0.114. The van der Waals surface area contributed by atoms with E-state index in [0.717, 1.165) is 5.56 Å². The number of aliphatic hydroxyl groups is 1. The molecule has 0 bridgehead atoms. The molecule has 0 aliphatic heterocycles. The molecular formula is C11H14O2. The van der Waals surface area contributed by atoms with Crippen LogP contribution in [0.5, 0.6) is 0 Å². The molecule has 70 valence electrons. The summed E-state index contributed by atoms with van der Waals surface area (Å²) in [5, 5.41) is 9.10. The van der Waals surface area contributed by atoms with Gasteiger partial charge in [-0.25, -0.2) is 0 Å². The van der Waals surface area contributed by atoms with E-state index in [1.807, 2.05) is 32.0 Å². The van der Waals surface area contributed by atoms with Crippen molar-refractivity contribution < 1.29 is 9.90 Å². The van der Waals surface area contributed by atoms with Gasteiger partial charge in [0.25, 0.3) is 0 Å². The molecule has 1 aromatic carbocycles. The third kappa shape index (κ3) is 2.67. The SMILES string of the molecule is Cc1ccc(CC(O)C=O)cc1C. The average Bonchev–Trinajstić information content (AvgIpc) is 2.11. The minimum absolute atomic E-state index is 0.407. The van der Waals surface area contributed by atoms with Gasteiger partial charge in [-0.2, -0.15) is 0 Å². The summed E-state index contributed by atoms with van der Waals surface area (Å²) in [6, 6.07) is 5.94. The summed E-state index contributed by atoms with van der Waals surface area (Å²) in [5.74, 6) is 0. The van der Waals surface area contributed by atoms with E-state index < -0.39 is 6.10 Å². The van der Waals surface area contributed by atoms with Gasteiger partial charge in [0, 0.05) is 6.42 Å². The Morgan fingerprint density at radius 2 is 2.08 bits per heavy atom. The van der Waals surface area contributed by atoms with Crippen molar-refractivity contribution in [3.8, 4) is 0 Å². The van der Waals surface area contributed by atoms with E-state index in [2.05, 4.69) is 0 Å². The molecule has 0 aliphatic rings. The van der Waals surface area contributed by atoms with Crippen LogP contribution in [0.1, 0.15) is 16.7 Å². The van der Waals surface area contributed by atoms with Gasteiger partial charge in [0.15, 0.2) is 0 Å². The van der Waals surface area contributed by atoms with Gasteiger partial charge in [-0.3, -0.25) is 0 Å². The molecule has 1 rings (SSSR count). The van der Waals surface area contributed by atoms with Gasteiger partial charge >= 0.3 is 0 Å². The Bertz CT molecular complexity index is 305. The van der Waals surface area contributed by atoms with Crippen LogP contribution in [-0.2, 0) is 11.2 Å². The van der Waals surface area contributed by atoms with Crippen molar-refractivity contribution in [2.45, 2.75) is 26.4 Å². The maximum atomic E-state index is 10.2. The zero-order valence-corrected chi connectivity index (χ0v) is 7.95. The van der Waals surface area contributed by atoms with Crippen LogP contribution in [0.2, 0.25) is 0 Å². The Hall–Kier alpha value is -1.15. The van der Waals surface area contributed by atoms with Crippen LogP contribution < -0.4 is 0 Å². The number of carbonyl (C=O) groups is 1. The van der Waals surface area contributed by atoms with Crippen LogP contribution in [0, 0.1) is 13.8 Å². The quantitative estimate of drug-likeness (QED) is 0.710. The molecule has 1 aromatic rings. The second kappa shape index (κ2) is 4.19. The summed E-state index contributed by atoms with van der Waals surface area (Å²) in [6.45, 7) is 4.06. The van der Waals surface area contributed by atoms with Crippen molar-refractivity contribution in [2.24, 2.45) is 0 Å². The molecular weight excluding hydrogens is 164 g/mol. The van der Waals surface area contributed by atoms with Gasteiger partial charge in [0.2, 0.25) is 0 Å². The predicted octanol–water partition coefficient (Wildman–Crippen LogP) is 1.41. The van der Waals surface area contributed by atoms with Crippen LogP contribution in [0.3, 0.4) is 0 Å². The Morgan fingerprint density at radius 3 is 2.62 bits per heavy atom. The Labute approximate surface area is 78.2 Å². The number of aldehydes is 1. The number of aliphatic hydroxyl groups excluding tert-OH is 1. The number of hydrogen-bond donors (Lipinski definition) is 1. The highest BCUT2D eigenvalue weighted by Gasteiger charge is 2.03. The highest BCUT2D eigenvalue weighted by Crippen LogP contribution is 2.10. The van der Waals surface area contributed by atoms with E-state index in [0.29, 0.717) is 12.7 Å². The third-order valence-electron chi connectivity index (χ3n) is 2.17. The molecule has 0 spiro atoms. The van der Waals surface area contributed by atoms with E-state index in [4.69, 9.17) is 5.11 Å². The fourth-order valence-corrected chi connectivity index (χ4v) is 1.22. The number of carbonyl (C=O) groups excluding carboxylic acids is 1. The first-order valence-electron chi connectivity index (χ1n) is 4.33. The zero-order valence-electron chi connectivity index (χ0n) is 7.95. The number of aryl methyl sites for hydroxylation is 2. The highest BCUT2D eigenvalue weighted by atomic mass is 16.3. The molecule has 0 saturated carbocycles. The van der Waals surface area contributed by atoms with Crippen molar-refractivity contribution in [2.75, 3.05) is 0 Å². The highest BCUT2D eigenvalue weighted by molar-refractivity contribution is 5.56. The number of rotatable bonds is 3. The summed E-state index contributed by atoms with van der Waals surface area (Å²) in [7, 11) is 0. The van der Waals surface area contributed by atoms with E-state index in [-0.39, 0.29) is 0 Å². The molecule has 0 aliphatic carbocycles. The van der Waals surface area contributed by atoms with E-state index in [1.54, 1.807) is 0 Å². The third-order valence-corrected chi connectivity index (χ3v) is 2.17. The molecule has 0 radical (unpaired) electrons. The van der Waals surface area contributed by atoms with Crippen LogP contribution in [0.15, 0.2) is 18.2 Å². The van der Waals surface area contributed by atoms with Crippen molar-refractivity contribution in [3.63, 3.8) is 0 Å². The van der Waals surface area contributed by atoms with E-state index in [1.165, 1.54) is 11.1 Å². The summed E-state index contributed by atoms with van der Waals surface area (Å²) in [5.41, 5.74) is 3.42. The summed E-state index contributed by atoms with van der Waals surface area (Å²) < 4.78 is 0. The lowest BCUT2D eigenvalue weighted by atomic mass is 10.0. The number of hydrogen-bond acceptors (Lipinski definition) is 2. The van der Waals surface area contributed by atoms with Crippen LogP contribution >= 0.6 is 0 Å². The van der Waals surface area contributed by atoms with Gasteiger partial charge in [-0.15, -0.1) is 0 Å². The van der Waals surface area contributed by atoms with Crippen LogP contribution in [-0.4, -0.2) is 17.5 Å². The molecule has 2 nitrogen and oxygen atoms in total. The summed E-state index contributed by atoms with van der Waals surface area (Å²) in [6.07, 6.45) is 0.0990. The van der Waals surface area contributed by atoms with Gasteiger partial charge in [0.1, 0.15) is 12.4 Å². The Balaban J connectivity index is 2.79. The maximum absolute atomic E-state index is 10.2. The van der Waals surface area contributed by atoms with Crippen molar-refractivity contribution in [3.05, 3.63) is 34.9 Å². The van der Waals surface area contributed by atoms with E-state index in [9.17, 15) is 4.79 Å². The summed E-state index contributed by atoms with van der Waals surface area (Å²) in [4.78, 5) is 10.2. The molecule has 1 atom stereocenters. The molecule has 0 fully saturated rings. The van der Waals surface area contributed by atoms with Gasteiger partial charge < -0.3 is 9.90 Å². The van der Waals surface area contributed by atoms with Gasteiger partial charge in [-0.05, 0) is 30.5 Å². The van der Waals surface area contributed by atoms with Crippen LogP contribution in [0.25, 0.3) is 0 Å². The molecule has 0 amide bonds. The Kier molecular flexibility index (Phi) is 3.20. The van der Waals surface area contributed by atoms with Crippen molar-refractivity contribution >= 4 is 6.29 Å². The zero-order chi connectivity index (χ0) is 9.84. The largest absolute Gasteiger partial charge is 0.385 e. The standard InChI is InChI=1S/C11H14O2/c1-8-3-4-10(5-9(8)2)6-11(13)7-12/h3-5,7,11,13H,6H2,1-2H3. The first-order chi connectivity index (χ1) is 6.13. The van der Waals surface area contributed by atoms with Crippen LogP contribution in [0.4, 0.5) is 0 Å². The lowest BCUT2D eigenvalue weighted by Gasteiger charge is -2.06. The normalized spacial score (nSPS) is 12.5. The molecule has 13 heavy (non-hydrogen) atoms. The average molecular weight is 178 g/mol. The second-order valence-electron chi connectivity index (χ2n) is 3.33. The smallest absolute Gasteiger partial charge is 0.148 e. The molecule has 2 heteroatoms. The Morgan fingerprint density at radius 1 is 1.38 bits per heavy atom. The van der Waals surface area contributed by atoms with Crippen molar-refractivity contribution in [1.29, 1.82) is 0 Å². The molecule has 0 saturated heterocycles. The monoisotopic (exact) mass is 178 g/mol. The molecule has 0 aromatic heterocycles. The van der Waals surface area contributed by atoms with Crippen molar-refractivity contribution in [1.82, 2.24) is 0 Å². The first-order valence-corrected chi connectivity index (χ1v) is 4.33. The van der Waals surface area contributed by atoms with Gasteiger partial charge in [-0.1, -0.05) is 18.2 Å². The minimum Gasteiger partial charge on any atom is -0.385 e. The summed E-state index contributed by atoms with van der Waals surface area (Å²) >= 11 is 0. The molecule has 1 unspecified atom stereocenters. The molecule has 1 N–H and O–H groups in total. The fourth-order valence-electron chi connectivity index (χ4n) is 1.22. The second-order valence-corrected chi connectivity index (χ2v) is 3.33. The fraction of sp³-hybridized carbons (Fsp3) is 0.364. The minimum atomic E-state index is -0.873. The van der Waals surface area contributed by atoms with Gasteiger partial charge in [0.05, 0.1) is 0 Å². The first kappa shape index (κ1) is 9.93. The van der Waals surface area contributed by atoms with E-state index >= 15 is 0 Å². The lowest BCUT2D eigenvalue weighted by Crippen LogP contribution is -2.11. The number of benzene rings is 1.